The number of para-hydroxylation sites is 1. The smallest absolute Gasteiger partial charge is 0.341 e. The summed E-state index contributed by atoms with van der Waals surface area (Å²) in [5, 5.41) is 8.73. The molecule has 224 valence electrons. The molecule has 1 fully saturated rings. The van der Waals surface area contributed by atoms with Crippen LogP contribution in [0.3, 0.4) is 0 Å². The SMILES string of the molecule is CC(C)[C@@H](C(=O)c1nc2c(OC(=O)C(C)(C)C)cccc2o1)N1CCC[C@H]1C(=O)COc1ccc(OCC(=O)O)cc1. The number of hydrogen-bond acceptors (Lipinski definition) is 10. The number of carbonyl (C=O) groups is 4. The third kappa shape index (κ3) is 7.14. The van der Waals surface area contributed by atoms with E-state index in [0.717, 1.165) is 6.42 Å². The fourth-order valence-corrected chi connectivity index (χ4v) is 4.82. The highest BCUT2D eigenvalue weighted by Crippen LogP contribution is 2.31. The van der Waals surface area contributed by atoms with Crippen LogP contribution >= 0.6 is 0 Å². The van der Waals surface area contributed by atoms with Gasteiger partial charge in [0.25, 0.3) is 5.89 Å². The average molecular weight is 581 g/mol. The van der Waals surface area contributed by atoms with Crippen LogP contribution in [-0.4, -0.2) is 70.3 Å². The van der Waals surface area contributed by atoms with E-state index in [1.54, 1.807) is 63.2 Å². The van der Waals surface area contributed by atoms with Gasteiger partial charge in [0, 0.05) is 0 Å². The number of fused-ring (bicyclic) bond motifs is 1. The molecule has 0 amide bonds. The van der Waals surface area contributed by atoms with Crippen molar-refractivity contribution in [3.05, 3.63) is 48.4 Å². The topological polar surface area (TPSA) is 145 Å². The summed E-state index contributed by atoms with van der Waals surface area (Å²) < 4.78 is 22.2. The fourth-order valence-electron chi connectivity index (χ4n) is 4.82. The molecule has 11 nitrogen and oxygen atoms in total. The molecule has 3 aromatic rings. The first-order chi connectivity index (χ1) is 19.8. The van der Waals surface area contributed by atoms with Crippen LogP contribution in [-0.2, 0) is 14.4 Å². The van der Waals surface area contributed by atoms with Crippen LogP contribution in [0.5, 0.6) is 17.2 Å². The van der Waals surface area contributed by atoms with Crippen LogP contribution < -0.4 is 14.2 Å². The summed E-state index contributed by atoms with van der Waals surface area (Å²) in [5.41, 5.74) is -0.127. The molecule has 11 heteroatoms. The highest BCUT2D eigenvalue weighted by atomic mass is 16.5. The first kappa shape index (κ1) is 30.7. The number of rotatable bonds is 12. The molecule has 0 spiro atoms. The molecule has 1 aromatic heterocycles. The Morgan fingerprint density at radius 1 is 1.02 bits per heavy atom. The van der Waals surface area contributed by atoms with Crippen molar-refractivity contribution < 1.29 is 42.9 Å². The van der Waals surface area contributed by atoms with Crippen LogP contribution in [0.1, 0.15) is 58.1 Å². The summed E-state index contributed by atoms with van der Waals surface area (Å²) >= 11 is 0. The Hall–Kier alpha value is -4.25. The molecule has 0 unspecified atom stereocenters. The maximum absolute atomic E-state index is 13.8. The Balaban J connectivity index is 1.47. The molecule has 4 rings (SSSR count). The van der Waals surface area contributed by atoms with E-state index in [2.05, 4.69) is 4.98 Å². The number of carbonyl (C=O) groups excluding carboxylic acids is 3. The predicted molar refractivity (Wildman–Crippen MR) is 152 cm³/mol. The zero-order chi connectivity index (χ0) is 30.6. The molecule has 42 heavy (non-hydrogen) atoms. The summed E-state index contributed by atoms with van der Waals surface area (Å²) in [6.45, 7) is 8.95. The molecule has 1 aliphatic rings. The predicted octanol–water partition coefficient (Wildman–Crippen LogP) is 4.56. The molecule has 1 aliphatic heterocycles. The largest absolute Gasteiger partial charge is 0.486 e. The lowest BCUT2D eigenvalue weighted by molar-refractivity contribution is -0.143. The van der Waals surface area contributed by atoms with Gasteiger partial charge in [-0.05, 0) is 82.5 Å². The number of Topliss-reactive ketones (excluding diaryl/α,β-unsaturated/α-hetero) is 2. The number of carboxylic acids is 1. The van der Waals surface area contributed by atoms with E-state index in [1.165, 1.54) is 0 Å². The van der Waals surface area contributed by atoms with E-state index >= 15 is 0 Å². The highest BCUT2D eigenvalue weighted by molar-refractivity contribution is 5.99. The van der Waals surface area contributed by atoms with Crippen LogP contribution in [0.25, 0.3) is 11.1 Å². The third-order valence-electron chi connectivity index (χ3n) is 6.90. The van der Waals surface area contributed by atoms with E-state index in [9.17, 15) is 19.2 Å². The second kappa shape index (κ2) is 12.7. The van der Waals surface area contributed by atoms with Gasteiger partial charge in [0.2, 0.25) is 5.78 Å². The summed E-state index contributed by atoms with van der Waals surface area (Å²) in [6.07, 6.45) is 1.32. The standard InChI is InChI=1S/C31H36N2O9/c1-18(2)27(28(37)29-32-26-23(41-29)9-6-10-24(26)42-30(38)31(3,4)5)33-15-7-8-21(33)22(34)16-39-19-11-13-20(14-12-19)40-17-25(35)36/h6,9-14,18,21,27H,7-8,15-17H2,1-5H3,(H,35,36)/t21-,27-/m0/s1. The van der Waals surface area contributed by atoms with Crippen molar-refractivity contribution in [2.75, 3.05) is 19.8 Å². The Labute approximate surface area is 243 Å². The molecular formula is C31H36N2O9. The Kier molecular flexibility index (Phi) is 9.30. The van der Waals surface area contributed by atoms with Gasteiger partial charge in [-0.25, -0.2) is 9.78 Å². The van der Waals surface area contributed by atoms with Gasteiger partial charge in [0.05, 0.1) is 17.5 Å². The normalized spacial score (nSPS) is 16.4. The van der Waals surface area contributed by atoms with Gasteiger partial charge >= 0.3 is 11.9 Å². The number of ketones is 2. The zero-order valence-corrected chi connectivity index (χ0v) is 24.4. The minimum Gasteiger partial charge on any atom is -0.486 e. The number of esters is 1. The van der Waals surface area contributed by atoms with E-state index < -0.39 is 36.0 Å². The Bertz CT molecular complexity index is 1450. The lowest BCUT2D eigenvalue weighted by atomic mass is 9.96. The minimum absolute atomic E-state index is 0.109. The van der Waals surface area contributed by atoms with Crippen molar-refractivity contribution >= 4 is 34.6 Å². The quantitative estimate of drug-likeness (QED) is 0.183. The van der Waals surface area contributed by atoms with Crippen molar-refractivity contribution in [1.82, 2.24) is 9.88 Å². The van der Waals surface area contributed by atoms with Gasteiger partial charge < -0.3 is 23.7 Å². The van der Waals surface area contributed by atoms with E-state index in [1.807, 2.05) is 18.7 Å². The van der Waals surface area contributed by atoms with Gasteiger partial charge in [-0.15, -0.1) is 0 Å². The first-order valence-corrected chi connectivity index (χ1v) is 13.9. The van der Waals surface area contributed by atoms with Crippen molar-refractivity contribution in [3.63, 3.8) is 0 Å². The molecule has 0 saturated carbocycles. The molecule has 0 aliphatic carbocycles. The number of benzene rings is 2. The lowest BCUT2D eigenvalue weighted by Crippen LogP contribution is -2.50. The monoisotopic (exact) mass is 580 g/mol. The maximum atomic E-state index is 13.8. The summed E-state index contributed by atoms with van der Waals surface area (Å²) in [5.74, 6) is -1.28. The van der Waals surface area contributed by atoms with Crippen molar-refractivity contribution in [2.45, 2.75) is 59.5 Å². The van der Waals surface area contributed by atoms with E-state index in [-0.39, 0.29) is 41.2 Å². The fraction of sp³-hybridized carbons (Fsp3) is 0.452. The minimum atomic E-state index is -1.08. The number of oxazole rings is 1. The molecule has 2 atom stereocenters. The average Bonchev–Trinajstić information content (AvgIpc) is 3.59. The second-order valence-corrected chi connectivity index (χ2v) is 11.6. The van der Waals surface area contributed by atoms with Crippen molar-refractivity contribution in [1.29, 1.82) is 0 Å². The lowest BCUT2D eigenvalue weighted by Gasteiger charge is -2.33. The van der Waals surface area contributed by atoms with Crippen LogP contribution in [0.2, 0.25) is 0 Å². The zero-order valence-electron chi connectivity index (χ0n) is 24.4. The van der Waals surface area contributed by atoms with Crippen LogP contribution in [0.4, 0.5) is 0 Å². The number of nitrogens with zero attached hydrogens (tertiary/aromatic N) is 2. The molecular weight excluding hydrogens is 544 g/mol. The van der Waals surface area contributed by atoms with Gasteiger partial charge in [-0.3, -0.25) is 19.3 Å². The Morgan fingerprint density at radius 3 is 2.26 bits per heavy atom. The molecule has 2 aromatic carbocycles. The summed E-state index contributed by atoms with van der Waals surface area (Å²) in [4.78, 5) is 56.6. The van der Waals surface area contributed by atoms with Gasteiger partial charge in [-0.2, -0.15) is 0 Å². The van der Waals surface area contributed by atoms with Crippen LogP contribution in [0, 0.1) is 11.3 Å². The van der Waals surface area contributed by atoms with Crippen LogP contribution in [0.15, 0.2) is 46.9 Å². The number of likely N-dealkylation sites (tertiary alicyclic amines) is 1. The van der Waals surface area contributed by atoms with Crippen molar-refractivity contribution in [3.8, 4) is 17.2 Å². The molecule has 0 bridgehead atoms. The van der Waals surface area contributed by atoms with Crippen molar-refractivity contribution in [2.24, 2.45) is 11.3 Å². The summed E-state index contributed by atoms with van der Waals surface area (Å²) in [6, 6.07) is 10.1. The maximum Gasteiger partial charge on any atom is 0.341 e. The number of ether oxygens (including phenoxy) is 3. The van der Waals surface area contributed by atoms with Gasteiger partial charge in [0.15, 0.2) is 29.2 Å². The molecule has 1 N–H and O–H groups in total. The highest BCUT2D eigenvalue weighted by Gasteiger charge is 2.41. The number of aromatic nitrogens is 1. The second-order valence-electron chi connectivity index (χ2n) is 11.6. The first-order valence-electron chi connectivity index (χ1n) is 13.9. The number of hydrogen-bond donors (Lipinski definition) is 1. The van der Waals surface area contributed by atoms with Gasteiger partial charge in [-0.1, -0.05) is 19.9 Å². The number of aliphatic carboxylic acids is 1. The van der Waals surface area contributed by atoms with E-state index in [4.69, 9.17) is 23.7 Å². The molecule has 0 radical (unpaired) electrons. The van der Waals surface area contributed by atoms with E-state index in [0.29, 0.717) is 30.0 Å². The molecule has 1 saturated heterocycles. The summed E-state index contributed by atoms with van der Waals surface area (Å²) in [7, 11) is 0. The molecule has 2 heterocycles. The third-order valence-corrected chi connectivity index (χ3v) is 6.90. The van der Waals surface area contributed by atoms with Gasteiger partial charge in [0.1, 0.15) is 18.1 Å². The number of carboxylic acid groups (broad SMARTS) is 1. The Morgan fingerprint density at radius 2 is 1.67 bits per heavy atom.